The largest absolute Gasteiger partial charge is 0.436 e. The van der Waals surface area contributed by atoms with Crippen molar-refractivity contribution in [2.24, 2.45) is 5.92 Å². The molecule has 0 aliphatic carbocycles. The number of oxazole rings is 1. The molecule has 1 N–H and O–H groups in total. The number of nitrogens with one attached hydrogen (secondary N) is 1. The van der Waals surface area contributed by atoms with Gasteiger partial charge in [-0.2, -0.15) is 0 Å². The second kappa shape index (κ2) is 5.29. The molecular formula is C16H17N3O3. The minimum Gasteiger partial charge on any atom is -0.436 e. The Hall–Kier alpha value is -2.63. The second-order valence-corrected chi connectivity index (χ2v) is 5.47. The van der Waals surface area contributed by atoms with Gasteiger partial charge in [-0.1, -0.05) is 19.1 Å². The van der Waals surface area contributed by atoms with Gasteiger partial charge in [-0.3, -0.25) is 9.59 Å². The third-order valence-electron chi connectivity index (χ3n) is 3.70. The Morgan fingerprint density at radius 3 is 2.77 bits per heavy atom. The minimum atomic E-state index is -0.319. The zero-order valence-corrected chi connectivity index (χ0v) is 12.7. The number of aromatic nitrogens is 1. The van der Waals surface area contributed by atoms with E-state index in [0.29, 0.717) is 29.5 Å². The standard InChI is InChI=1S/C16H17N3O3/c1-9-8-19(16(21)14-10(2)17-11(3)22-14)13-7-5-4-6-12(13)18-15(9)20/h4-7,9H,8H2,1-3H3,(H,18,20). The van der Waals surface area contributed by atoms with E-state index in [-0.39, 0.29) is 23.5 Å². The van der Waals surface area contributed by atoms with Crippen molar-refractivity contribution in [2.75, 3.05) is 16.8 Å². The first-order chi connectivity index (χ1) is 10.5. The van der Waals surface area contributed by atoms with Gasteiger partial charge in [0.25, 0.3) is 5.91 Å². The van der Waals surface area contributed by atoms with Gasteiger partial charge in [-0.25, -0.2) is 4.98 Å². The number of nitrogens with zero attached hydrogens (tertiary/aromatic N) is 2. The molecule has 114 valence electrons. The number of carbonyl (C=O) groups excluding carboxylic acids is 2. The van der Waals surface area contributed by atoms with Crippen LogP contribution in [0.1, 0.15) is 29.1 Å². The molecule has 2 amide bonds. The third kappa shape index (κ3) is 2.36. The van der Waals surface area contributed by atoms with Crippen LogP contribution in [-0.2, 0) is 4.79 Å². The zero-order chi connectivity index (χ0) is 15.9. The van der Waals surface area contributed by atoms with Crippen LogP contribution in [0.4, 0.5) is 11.4 Å². The van der Waals surface area contributed by atoms with Gasteiger partial charge in [-0.05, 0) is 19.1 Å². The molecule has 0 radical (unpaired) electrons. The lowest BCUT2D eigenvalue weighted by Crippen LogP contribution is -2.36. The van der Waals surface area contributed by atoms with E-state index < -0.39 is 0 Å². The molecule has 22 heavy (non-hydrogen) atoms. The van der Waals surface area contributed by atoms with Gasteiger partial charge >= 0.3 is 0 Å². The predicted molar refractivity (Wildman–Crippen MR) is 81.9 cm³/mol. The Balaban J connectivity index is 2.07. The van der Waals surface area contributed by atoms with Crippen molar-refractivity contribution in [3.8, 4) is 0 Å². The average Bonchev–Trinajstić information content (AvgIpc) is 2.76. The highest BCUT2D eigenvalue weighted by molar-refractivity contribution is 6.10. The molecule has 1 aliphatic rings. The first kappa shape index (κ1) is 14.3. The van der Waals surface area contributed by atoms with Crippen LogP contribution in [0.25, 0.3) is 0 Å². The highest BCUT2D eigenvalue weighted by Crippen LogP contribution is 2.31. The van der Waals surface area contributed by atoms with E-state index in [1.807, 2.05) is 18.2 Å². The molecule has 3 rings (SSSR count). The van der Waals surface area contributed by atoms with Crippen LogP contribution in [0.5, 0.6) is 0 Å². The van der Waals surface area contributed by atoms with E-state index in [4.69, 9.17) is 4.42 Å². The van der Waals surface area contributed by atoms with Crippen LogP contribution < -0.4 is 10.2 Å². The van der Waals surface area contributed by atoms with E-state index in [1.54, 1.807) is 31.7 Å². The molecule has 1 aliphatic heterocycles. The Bertz CT molecular complexity index is 751. The Morgan fingerprint density at radius 2 is 2.09 bits per heavy atom. The molecule has 1 unspecified atom stereocenters. The highest BCUT2D eigenvalue weighted by Gasteiger charge is 2.31. The second-order valence-electron chi connectivity index (χ2n) is 5.47. The number of para-hydroxylation sites is 2. The molecule has 1 aromatic heterocycles. The van der Waals surface area contributed by atoms with Gasteiger partial charge in [-0.15, -0.1) is 0 Å². The fourth-order valence-corrected chi connectivity index (χ4v) is 2.57. The molecule has 0 spiro atoms. The maximum Gasteiger partial charge on any atom is 0.296 e. The topological polar surface area (TPSA) is 75.4 Å². The number of benzene rings is 1. The number of carbonyl (C=O) groups is 2. The number of amides is 2. The highest BCUT2D eigenvalue weighted by atomic mass is 16.4. The van der Waals surface area contributed by atoms with E-state index in [0.717, 1.165) is 0 Å². The quantitative estimate of drug-likeness (QED) is 0.878. The summed E-state index contributed by atoms with van der Waals surface area (Å²) < 4.78 is 5.44. The van der Waals surface area contributed by atoms with Crippen molar-refractivity contribution in [1.82, 2.24) is 4.98 Å². The van der Waals surface area contributed by atoms with Crippen molar-refractivity contribution in [3.63, 3.8) is 0 Å². The molecular weight excluding hydrogens is 282 g/mol. The van der Waals surface area contributed by atoms with Crippen LogP contribution in [-0.4, -0.2) is 23.3 Å². The SMILES string of the molecule is Cc1nc(C)c(C(=O)N2CC(C)C(=O)Nc3ccccc32)o1. The van der Waals surface area contributed by atoms with Gasteiger partial charge < -0.3 is 14.6 Å². The van der Waals surface area contributed by atoms with Crippen LogP contribution in [0.3, 0.4) is 0 Å². The fourth-order valence-electron chi connectivity index (χ4n) is 2.57. The van der Waals surface area contributed by atoms with E-state index in [9.17, 15) is 9.59 Å². The number of anilines is 2. The summed E-state index contributed by atoms with van der Waals surface area (Å²) in [6, 6.07) is 7.25. The van der Waals surface area contributed by atoms with Crippen molar-refractivity contribution in [3.05, 3.63) is 41.6 Å². The van der Waals surface area contributed by atoms with Crippen LogP contribution >= 0.6 is 0 Å². The summed E-state index contributed by atoms with van der Waals surface area (Å²) >= 11 is 0. The molecule has 6 heteroatoms. The van der Waals surface area contributed by atoms with Crippen molar-refractivity contribution >= 4 is 23.2 Å². The summed E-state index contributed by atoms with van der Waals surface area (Å²) in [5.74, 6) is -0.0390. The fraction of sp³-hybridized carbons (Fsp3) is 0.312. The van der Waals surface area contributed by atoms with Crippen molar-refractivity contribution < 1.29 is 14.0 Å². The molecule has 1 atom stereocenters. The number of rotatable bonds is 1. The van der Waals surface area contributed by atoms with Crippen molar-refractivity contribution in [1.29, 1.82) is 0 Å². The Labute approximate surface area is 128 Å². The minimum absolute atomic E-state index is 0.103. The van der Waals surface area contributed by atoms with Gasteiger partial charge in [0.2, 0.25) is 11.7 Å². The van der Waals surface area contributed by atoms with Gasteiger partial charge in [0.1, 0.15) is 0 Å². The molecule has 0 fully saturated rings. The van der Waals surface area contributed by atoms with E-state index >= 15 is 0 Å². The number of hydrogen-bond acceptors (Lipinski definition) is 4. The number of fused-ring (bicyclic) bond motifs is 1. The van der Waals surface area contributed by atoms with Gasteiger partial charge in [0, 0.05) is 13.5 Å². The molecule has 2 aromatic rings. The number of hydrogen-bond donors (Lipinski definition) is 1. The monoisotopic (exact) mass is 299 g/mol. The van der Waals surface area contributed by atoms with Crippen LogP contribution in [0.15, 0.2) is 28.7 Å². The molecule has 1 aromatic carbocycles. The summed E-state index contributed by atoms with van der Waals surface area (Å²) in [7, 11) is 0. The summed E-state index contributed by atoms with van der Waals surface area (Å²) in [5, 5.41) is 2.85. The van der Waals surface area contributed by atoms with E-state index in [2.05, 4.69) is 10.3 Å². The normalized spacial score (nSPS) is 17.7. The van der Waals surface area contributed by atoms with Gasteiger partial charge in [0.05, 0.1) is 23.0 Å². The lowest BCUT2D eigenvalue weighted by atomic mass is 10.1. The molecule has 0 saturated carbocycles. The van der Waals surface area contributed by atoms with Crippen LogP contribution in [0.2, 0.25) is 0 Å². The lowest BCUT2D eigenvalue weighted by molar-refractivity contribution is -0.119. The molecule has 0 saturated heterocycles. The Kier molecular flexibility index (Phi) is 3.44. The average molecular weight is 299 g/mol. The molecule has 2 heterocycles. The number of aryl methyl sites for hydroxylation is 2. The smallest absolute Gasteiger partial charge is 0.296 e. The van der Waals surface area contributed by atoms with Crippen molar-refractivity contribution in [2.45, 2.75) is 20.8 Å². The Morgan fingerprint density at radius 1 is 1.36 bits per heavy atom. The maximum atomic E-state index is 12.9. The van der Waals surface area contributed by atoms with E-state index in [1.165, 1.54) is 0 Å². The van der Waals surface area contributed by atoms with Crippen LogP contribution in [0, 0.1) is 19.8 Å². The molecule has 6 nitrogen and oxygen atoms in total. The summed E-state index contributed by atoms with van der Waals surface area (Å²) in [6.07, 6.45) is 0. The summed E-state index contributed by atoms with van der Waals surface area (Å²) in [6.45, 7) is 5.52. The predicted octanol–water partition coefficient (Wildman–Crippen LogP) is 2.53. The lowest BCUT2D eigenvalue weighted by Gasteiger charge is -2.22. The first-order valence-electron chi connectivity index (χ1n) is 7.13. The zero-order valence-electron chi connectivity index (χ0n) is 12.7. The first-order valence-corrected chi connectivity index (χ1v) is 7.13. The third-order valence-corrected chi connectivity index (χ3v) is 3.70. The maximum absolute atomic E-state index is 12.9. The summed E-state index contributed by atoms with van der Waals surface area (Å²) in [4.78, 5) is 30.6. The molecule has 0 bridgehead atoms. The van der Waals surface area contributed by atoms with Gasteiger partial charge in [0.15, 0.2) is 5.89 Å². The summed E-state index contributed by atoms with van der Waals surface area (Å²) in [5.41, 5.74) is 1.84.